The van der Waals surface area contributed by atoms with Crippen molar-refractivity contribution in [3.63, 3.8) is 0 Å². The Hall–Kier alpha value is -6.92. The molecule has 2 aliphatic rings. The number of benzene rings is 2. The topological polar surface area (TPSA) is 224 Å². The molecule has 0 saturated carbocycles. The maximum absolute atomic E-state index is 13.1. The number of amides is 5. The van der Waals surface area contributed by atoms with Gasteiger partial charge in [0, 0.05) is 78.0 Å². The summed E-state index contributed by atoms with van der Waals surface area (Å²) >= 11 is 0. The first-order valence-corrected chi connectivity index (χ1v) is 23.2. The molecule has 2 aromatic carbocycles. The third kappa shape index (κ3) is 13.2. The Bertz CT molecular complexity index is 2780. The van der Waals surface area contributed by atoms with Gasteiger partial charge < -0.3 is 38.5 Å². The Labute approximate surface area is 398 Å². The first-order chi connectivity index (χ1) is 33.5. The van der Waals surface area contributed by atoms with E-state index in [0.29, 0.717) is 121 Å². The fourth-order valence-corrected chi connectivity index (χ4v) is 8.22. The van der Waals surface area contributed by atoms with E-state index in [1.165, 1.54) is 14.0 Å². The quantitative estimate of drug-likeness (QED) is 0.0547. The molecule has 2 aliphatic heterocycles. The average molecular weight is 950 g/mol. The molecule has 1 saturated heterocycles. The number of aryl methyl sites for hydroxylation is 2. The van der Waals surface area contributed by atoms with Gasteiger partial charge in [0.2, 0.25) is 23.6 Å². The molecule has 1 unspecified atom stereocenters. The van der Waals surface area contributed by atoms with Crippen LogP contribution in [-0.4, -0.2) is 150 Å². The largest absolute Gasteiger partial charge is 0.450 e. The van der Waals surface area contributed by atoms with Gasteiger partial charge in [-0.25, -0.2) is 4.79 Å². The average Bonchev–Trinajstić information content (AvgIpc) is 4.09. The van der Waals surface area contributed by atoms with Crippen molar-refractivity contribution in [2.24, 2.45) is 7.05 Å². The van der Waals surface area contributed by atoms with Crippen LogP contribution in [-0.2, 0) is 58.1 Å². The van der Waals surface area contributed by atoms with Gasteiger partial charge in [0.05, 0.1) is 82.2 Å². The molecule has 0 radical (unpaired) electrons. The van der Waals surface area contributed by atoms with Crippen molar-refractivity contribution in [1.82, 2.24) is 44.6 Å². The van der Waals surface area contributed by atoms with E-state index in [9.17, 15) is 28.8 Å². The SMILES string of the molecule is CN(C)C(=O)c1cc2cc(C3=CCCN(C(=O)CCn4ccnn4)C3)cc(C#CCCC(=O)NCCOCCOCCOCCOCCc3cccc4c3n(C)c(=O)n4C3CCC(=O)NC3=O)c2o1. The first-order valence-electron chi connectivity index (χ1n) is 23.2. The number of nitrogens with zero attached hydrogens (tertiary/aromatic N) is 7. The molecular formula is C49H59N9O11. The zero-order valence-corrected chi connectivity index (χ0v) is 39.3. The molecule has 0 bridgehead atoms. The second-order valence-corrected chi connectivity index (χ2v) is 16.8. The van der Waals surface area contributed by atoms with Gasteiger partial charge in [-0.05, 0) is 60.2 Å². The fourth-order valence-electron chi connectivity index (χ4n) is 8.22. The van der Waals surface area contributed by atoms with Crippen molar-refractivity contribution in [2.45, 2.75) is 57.5 Å². The summed E-state index contributed by atoms with van der Waals surface area (Å²) in [5.41, 5.74) is 4.91. The van der Waals surface area contributed by atoms with Crippen molar-refractivity contribution in [3.05, 3.63) is 87.8 Å². The number of imide groups is 1. The number of hydrogen-bond acceptors (Lipinski definition) is 13. The number of furan rings is 1. The molecule has 7 rings (SSSR count). The van der Waals surface area contributed by atoms with E-state index in [-0.39, 0.29) is 54.3 Å². The minimum absolute atomic E-state index is 0.0253. The zero-order chi connectivity index (χ0) is 48.7. The Morgan fingerprint density at radius 2 is 1.71 bits per heavy atom. The van der Waals surface area contributed by atoms with Crippen LogP contribution >= 0.6 is 0 Å². The van der Waals surface area contributed by atoms with Crippen LogP contribution in [0.1, 0.15) is 71.8 Å². The minimum atomic E-state index is -0.736. The number of fused-ring (bicyclic) bond motifs is 2. The third-order valence-corrected chi connectivity index (χ3v) is 11.7. The number of ether oxygens (including phenoxy) is 4. The summed E-state index contributed by atoms with van der Waals surface area (Å²) in [5, 5.41) is 13.6. The normalized spacial score (nSPS) is 15.0. The van der Waals surface area contributed by atoms with E-state index in [4.69, 9.17) is 23.4 Å². The van der Waals surface area contributed by atoms with Crippen molar-refractivity contribution < 1.29 is 47.3 Å². The second-order valence-electron chi connectivity index (χ2n) is 16.8. The molecule has 3 aromatic heterocycles. The van der Waals surface area contributed by atoms with Gasteiger partial charge in [0.25, 0.3) is 5.91 Å². The van der Waals surface area contributed by atoms with Crippen LogP contribution in [0.25, 0.3) is 27.6 Å². The summed E-state index contributed by atoms with van der Waals surface area (Å²) in [6, 6.07) is 10.4. The van der Waals surface area contributed by atoms with Crippen LogP contribution in [0.2, 0.25) is 0 Å². The Kier molecular flexibility index (Phi) is 17.7. The standard InChI is InChI=1S/C49H59N9O11/c1-54(2)48(63)41-32-38-31-37(36-10-7-19-56(33-36)44(61)15-20-57-21-17-51-53-57)30-35(46(38)69-41)8-4-5-12-42(59)50-18-23-66-25-27-68-29-28-67-26-24-65-22-16-34-9-6-11-39-45(34)55(3)49(64)58(39)40-13-14-43(60)52-47(40)62/h6,9-11,17,21,30-32,40H,5,7,12-16,18-20,22-29,33H2,1-3H3,(H,50,59)(H,52,60,62). The number of rotatable bonds is 23. The number of aromatic nitrogens is 5. The van der Waals surface area contributed by atoms with Crippen molar-refractivity contribution in [3.8, 4) is 11.8 Å². The van der Waals surface area contributed by atoms with Crippen molar-refractivity contribution in [2.75, 3.05) is 86.6 Å². The van der Waals surface area contributed by atoms with Gasteiger partial charge in [-0.1, -0.05) is 35.3 Å². The number of carbonyl (C=O) groups is 5. The lowest BCUT2D eigenvalue weighted by atomic mass is 9.97. The fraction of sp³-hybridized carbons (Fsp3) is 0.469. The molecule has 0 spiro atoms. The predicted octanol–water partition coefficient (Wildman–Crippen LogP) is 2.62. The van der Waals surface area contributed by atoms with Gasteiger partial charge in [0.1, 0.15) is 6.04 Å². The number of carbonyl (C=O) groups excluding carboxylic acids is 5. The highest BCUT2D eigenvalue weighted by Crippen LogP contribution is 2.31. The minimum Gasteiger partial charge on any atom is -0.450 e. The summed E-state index contributed by atoms with van der Waals surface area (Å²) in [7, 11) is 4.99. The number of piperidine rings is 1. The lowest BCUT2D eigenvalue weighted by molar-refractivity contribution is -0.136. The highest BCUT2D eigenvalue weighted by Gasteiger charge is 2.31. The smallest absolute Gasteiger partial charge is 0.329 e. The summed E-state index contributed by atoms with van der Waals surface area (Å²) in [5.74, 6) is 5.25. The molecule has 69 heavy (non-hydrogen) atoms. The van der Waals surface area contributed by atoms with E-state index in [1.54, 1.807) is 44.3 Å². The molecule has 20 nitrogen and oxygen atoms in total. The van der Waals surface area contributed by atoms with Gasteiger partial charge in [-0.3, -0.25) is 43.1 Å². The number of para-hydroxylation sites is 1. The van der Waals surface area contributed by atoms with Crippen molar-refractivity contribution >= 4 is 57.1 Å². The molecule has 5 amide bonds. The molecule has 5 heterocycles. The van der Waals surface area contributed by atoms with Crippen LogP contribution in [0.3, 0.4) is 0 Å². The molecule has 2 N–H and O–H groups in total. The molecule has 20 heteroatoms. The Balaban J connectivity index is 0.757. The van der Waals surface area contributed by atoms with E-state index in [2.05, 4.69) is 38.9 Å². The predicted molar refractivity (Wildman–Crippen MR) is 253 cm³/mol. The molecule has 366 valence electrons. The molecule has 1 atom stereocenters. The van der Waals surface area contributed by atoms with Gasteiger partial charge in [0.15, 0.2) is 11.3 Å². The lowest BCUT2D eigenvalue weighted by Gasteiger charge is -2.28. The summed E-state index contributed by atoms with van der Waals surface area (Å²) in [6.07, 6.45) is 7.94. The summed E-state index contributed by atoms with van der Waals surface area (Å²) < 4.78 is 33.2. The molecule has 0 aliphatic carbocycles. The number of hydrogen-bond donors (Lipinski definition) is 2. The molecule has 5 aromatic rings. The maximum atomic E-state index is 13.1. The van der Waals surface area contributed by atoms with Crippen LogP contribution < -0.4 is 16.3 Å². The van der Waals surface area contributed by atoms with E-state index in [0.717, 1.165) is 27.6 Å². The van der Waals surface area contributed by atoms with E-state index in [1.807, 2.05) is 35.2 Å². The van der Waals surface area contributed by atoms with Crippen LogP contribution in [0, 0.1) is 11.8 Å². The maximum Gasteiger partial charge on any atom is 0.329 e. The Morgan fingerprint density at radius 1 is 0.957 bits per heavy atom. The van der Waals surface area contributed by atoms with E-state index >= 15 is 0 Å². The monoisotopic (exact) mass is 949 g/mol. The van der Waals surface area contributed by atoms with E-state index < -0.39 is 11.9 Å². The van der Waals surface area contributed by atoms with Gasteiger partial charge in [-0.15, -0.1) is 5.10 Å². The molecule has 1 fully saturated rings. The summed E-state index contributed by atoms with van der Waals surface area (Å²) in [4.78, 5) is 79.1. The zero-order valence-electron chi connectivity index (χ0n) is 39.3. The second kappa shape index (κ2) is 24.4. The highest BCUT2D eigenvalue weighted by molar-refractivity contribution is 6.00. The highest BCUT2D eigenvalue weighted by atomic mass is 16.6. The number of nitrogens with one attached hydrogen (secondary N) is 2. The molecular weight excluding hydrogens is 891 g/mol. The van der Waals surface area contributed by atoms with Crippen LogP contribution in [0.15, 0.2) is 64.1 Å². The first kappa shape index (κ1) is 50.0. The van der Waals surface area contributed by atoms with Crippen molar-refractivity contribution in [1.29, 1.82) is 0 Å². The number of imidazole rings is 1. The third-order valence-electron chi connectivity index (χ3n) is 11.7. The Morgan fingerprint density at radius 3 is 2.43 bits per heavy atom. The van der Waals surface area contributed by atoms with Crippen LogP contribution in [0.4, 0.5) is 0 Å². The van der Waals surface area contributed by atoms with Gasteiger partial charge >= 0.3 is 5.69 Å². The lowest BCUT2D eigenvalue weighted by Crippen LogP contribution is -2.44. The summed E-state index contributed by atoms with van der Waals surface area (Å²) in [6.45, 7) is 4.84. The van der Waals surface area contributed by atoms with Gasteiger partial charge in [-0.2, -0.15) is 0 Å². The van der Waals surface area contributed by atoms with Crippen LogP contribution in [0.5, 0.6) is 0 Å².